The van der Waals surface area contributed by atoms with E-state index in [-0.39, 0.29) is 32.2 Å². The second-order valence-corrected chi connectivity index (χ2v) is 19.5. The molecule has 0 aliphatic carbocycles. The molecule has 0 aromatic rings. The SMILES string of the molecule is CCCCC/C=C\C/C=C\C/C=C\CCCCCCCCC(=O)OC(COC(=O)CCCCCCCCCCCCCCCCCCCCCCC)COC(OCC[N+](C)(C)C)C(=O)O. The van der Waals surface area contributed by atoms with E-state index in [0.29, 0.717) is 23.9 Å². The second-order valence-electron chi connectivity index (χ2n) is 19.5. The zero-order chi connectivity index (χ0) is 47.7. The summed E-state index contributed by atoms with van der Waals surface area (Å²) in [5.41, 5.74) is 0. The smallest absolute Gasteiger partial charge is 0.361 e. The number of aliphatic carboxylic acids is 1. The largest absolute Gasteiger partial charge is 0.477 e. The van der Waals surface area contributed by atoms with E-state index in [1.165, 1.54) is 154 Å². The summed E-state index contributed by atoms with van der Waals surface area (Å²) >= 11 is 0. The monoisotopic (exact) mass is 919 g/mol. The van der Waals surface area contributed by atoms with Gasteiger partial charge in [-0.1, -0.05) is 217 Å². The van der Waals surface area contributed by atoms with Crippen molar-refractivity contribution in [3.05, 3.63) is 36.5 Å². The molecule has 0 spiro atoms. The van der Waals surface area contributed by atoms with Gasteiger partial charge in [0.05, 0.1) is 34.4 Å². The summed E-state index contributed by atoms with van der Waals surface area (Å²) in [6.45, 7) is 4.86. The van der Waals surface area contributed by atoms with E-state index in [0.717, 1.165) is 57.8 Å². The molecule has 380 valence electrons. The topological polar surface area (TPSA) is 108 Å². The first-order valence-electron chi connectivity index (χ1n) is 27.2. The minimum Gasteiger partial charge on any atom is -0.477 e. The summed E-state index contributed by atoms with van der Waals surface area (Å²) in [4.78, 5) is 37.3. The number of carboxylic acids is 1. The van der Waals surface area contributed by atoms with Gasteiger partial charge in [-0.05, 0) is 51.4 Å². The predicted octanol–water partition coefficient (Wildman–Crippen LogP) is 15.3. The first kappa shape index (κ1) is 62.5. The van der Waals surface area contributed by atoms with E-state index in [1.54, 1.807) is 0 Å². The molecule has 0 aliphatic heterocycles. The molecule has 9 heteroatoms. The van der Waals surface area contributed by atoms with Crippen LogP contribution in [0.25, 0.3) is 0 Å². The fourth-order valence-corrected chi connectivity index (χ4v) is 7.67. The van der Waals surface area contributed by atoms with Crippen LogP contribution < -0.4 is 0 Å². The third-order valence-electron chi connectivity index (χ3n) is 11.9. The standard InChI is InChI=1S/C56H103NO8/c1-6-8-10-12-14-16-18-20-22-24-26-27-29-30-32-34-36-38-40-42-44-46-53(58)63-50-52(51-64-56(55(60)61)62-49-48-57(3,4)5)65-54(59)47-45-43-41-39-37-35-33-31-28-25-23-21-19-17-15-13-11-9-7-2/h15,17,21,23,28,31,52,56H,6-14,16,18-20,22,24-27,29-30,32-51H2,1-5H3/p+1/b17-15-,23-21-,31-28-. The Labute approximate surface area is 400 Å². The van der Waals surface area contributed by atoms with Crippen molar-refractivity contribution in [3.63, 3.8) is 0 Å². The minimum absolute atomic E-state index is 0.184. The number of nitrogens with zero attached hydrogens (tertiary/aromatic N) is 1. The number of hydrogen-bond donors (Lipinski definition) is 1. The Balaban J connectivity index is 4.30. The number of likely N-dealkylation sites (N-methyl/N-ethyl adjacent to an activating group) is 1. The molecular formula is C56H104NO8+. The van der Waals surface area contributed by atoms with Crippen LogP contribution in [-0.4, -0.2) is 87.4 Å². The maximum Gasteiger partial charge on any atom is 0.361 e. The summed E-state index contributed by atoms with van der Waals surface area (Å²) in [6, 6.07) is 0. The van der Waals surface area contributed by atoms with Crippen molar-refractivity contribution in [2.75, 3.05) is 47.5 Å². The lowest BCUT2D eigenvalue weighted by molar-refractivity contribution is -0.870. The van der Waals surface area contributed by atoms with Gasteiger partial charge >= 0.3 is 17.9 Å². The van der Waals surface area contributed by atoms with Gasteiger partial charge < -0.3 is 28.5 Å². The molecule has 0 heterocycles. The number of carbonyl (C=O) groups is 3. The minimum atomic E-state index is -1.51. The lowest BCUT2D eigenvalue weighted by Gasteiger charge is -2.25. The molecule has 0 saturated heterocycles. The van der Waals surface area contributed by atoms with Crippen LogP contribution >= 0.6 is 0 Å². The average Bonchev–Trinajstić information content (AvgIpc) is 3.27. The molecule has 0 radical (unpaired) electrons. The Kier molecular flexibility index (Phi) is 46.1. The molecule has 0 fully saturated rings. The fraction of sp³-hybridized carbons (Fsp3) is 0.839. The first-order chi connectivity index (χ1) is 31.6. The predicted molar refractivity (Wildman–Crippen MR) is 272 cm³/mol. The van der Waals surface area contributed by atoms with Crippen LogP contribution in [0.4, 0.5) is 0 Å². The number of carboxylic acid groups (broad SMARTS) is 1. The number of rotatable bonds is 50. The number of allylic oxidation sites excluding steroid dienone is 6. The molecule has 1 N–H and O–H groups in total. The number of hydrogen-bond acceptors (Lipinski definition) is 7. The molecule has 0 rings (SSSR count). The highest BCUT2D eigenvalue weighted by Crippen LogP contribution is 2.16. The van der Waals surface area contributed by atoms with Crippen LogP contribution in [0.3, 0.4) is 0 Å². The van der Waals surface area contributed by atoms with E-state index in [4.69, 9.17) is 18.9 Å². The lowest BCUT2D eigenvalue weighted by Crippen LogP contribution is -2.40. The number of esters is 2. The lowest BCUT2D eigenvalue weighted by atomic mass is 10.0. The number of carbonyl (C=O) groups excluding carboxylic acids is 2. The van der Waals surface area contributed by atoms with Crippen LogP contribution in [0.2, 0.25) is 0 Å². The van der Waals surface area contributed by atoms with Crippen molar-refractivity contribution in [3.8, 4) is 0 Å². The van der Waals surface area contributed by atoms with E-state index in [2.05, 4.69) is 50.3 Å². The quantitative estimate of drug-likeness (QED) is 0.0211. The Morgan fingerprint density at radius 2 is 0.831 bits per heavy atom. The van der Waals surface area contributed by atoms with Crippen molar-refractivity contribution in [2.24, 2.45) is 0 Å². The van der Waals surface area contributed by atoms with E-state index >= 15 is 0 Å². The van der Waals surface area contributed by atoms with Gasteiger partial charge in [-0.3, -0.25) is 9.59 Å². The Morgan fingerprint density at radius 3 is 1.26 bits per heavy atom. The summed E-state index contributed by atoms with van der Waals surface area (Å²) in [7, 11) is 5.96. The Morgan fingerprint density at radius 1 is 0.462 bits per heavy atom. The number of quaternary nitrogens is 1. The highest BCUT2D eigenvalue weighted by molar-refractivity contribution is 5.71. The van der Waals surface area contributed by atoms with E-state index < -0.39 is 24.3 Å². The summed E-state index contributed by atoms with van der Waals surface area (Å²) < 4.78 is 22.8. The zero-order valence-corrected chi connectivity index (χ0v) is 43.2. The average molecular weight is 919 g/mol. The molecule has 9 nitrogen and oxygen atoms in total. The summed E-state index contributed by atoms with van der Waals surface area (Å²) in [5.74, 6) is -2.01. The second kappa shape index (κ2) is 48.0. The van der Waals surface area contributed by atoms with Gasteiger partial charge in [0.15, 0.2) is 6.10 Å². The maximum atomic E-state index is 12.8. The number of unbranched alkanes of at least 4 members (excludes halogenated alkanes) is 29. The van der Waals surface area contributed by atoms with Gasteiger partial charge in [-0.25, -0.2) is 4.79 Å². The molecule has 2 unspecified atom stereocenters. The summed E-state index contributed by atoms with van der Waals surface area (Å²) in [6.07, 6.45) is 53.5. The fourth-order valence-electron chi connectivity index (χ4n) is 7.67. The van der Waals surface area contributed by atoms with E-state index in [9.17, 15) is 19.5 Å². The van der Waals surface area contributed by atoms with Crippen LogP contribution in [0, 0.1) is 0 Å². The third-order valence-corrected chi connectivity index (χ3v) is 11.9. The van der Waals surface area contributed by atoms with Crippen molar-refractivity contribution in [1.82, 2.24) is 0 Å². The molecule has 2 atom stereocenters. The molecule has 65 heavy (non-hydrogen) atoms. The Bertz CT molecular complexity index is 1160. The number of ether oxygens (including phenoxy) is 4. The molecule has 0 aromatic carbocycles. The third kappa shape index (κ3) is 49.2. The molecule has 0 bridgehead atoms. The molecule has 0 saturated carbocycles. The van der Waals surface area contributed by atoms with Crippen molar-refractivity contribution in [2.45, 2.75) is 257 Å². The van der Waals surface area contributed by atoms with Crippen LogP contribution in [-0.2, 0) is 33.3 Å². The van der Waals surface area contributed by atoms with Gasteiger partial charge in [0.2, 0.25) is 0 Å². The molecule has 0 aliphatic rings. The molecule has 0 amide bonds. The van der Waals surface area contributed by atoms with Crippen molar-refractivity contribution < 1.29 is 42.9 Å². The Hall–Kier alpha value is -2.49. The zero-order valence-electron chi connectivity index (χ0n) is 43.2. The summed E-state index contributed by atoms with van der Waals surface area (Å²) in [5, 5.41) is 9.68. The van der Waals surface area contributed by atoms with Crippen molar-refractivity contribution >= 4 is 17.9 Å². The van der Waals surface area contributed by atoms with Gasteiger partial charge in [0.25, 0.3) is 6.29 Å². The van der Waals surface area contributed by atoms with Gasteiger partial charge in [0, 0.05) is 12.8 Å². The van der Waals surface area contributed by atoms with Gasteiger partial charge in [-0.15, -0.1) is 0 Å². The highest BCUT2D eigenvalue weighted by Gasteiger charge is 2.25. The van der Waals surface area contributed by atoms with Crippen LogP contribution in [0.1, 0.15) is 245 Å². The molecule has 0 aromatic heterocycles. The first-order valence-corrected chi connectivity index (χ1v) is 27.2. The van der Waals surface area contributed by atoms with Crippen LogP contribution in [0.15, 0.2) is 36.5 Å². The van der Waals surface area contributed by atoms with Gasteiger partial charge in [0.1, 0.15) is 13.2 Å². The normalized spacial score (nSPS) is 13.1. The van der Waals surface area contributed by atoms with E-state index in [1.807, 2.05) is 21.1 Å². The van der Waals surface area contributed by atoms with Crippen molar-refractivity contribution in [1.29, 1.82) is 0 Å². The highest BCUT2D eigenvalue weighted by atomic mass is 16.7. The van der Waals surface area contributed by atoms with Gasteiger partial charge in [-0.2, -0.15) is 0 Å². The van der Waals surface area contributed by atoms with Crippen LogP contribution in [0.5, 0.6) is 0 Å². The maximum absolute atomic E-state index is 12.8. The molecular weight excluding hydrogens is 815 g/mol.